The van der Waals surface area contributed by atoms with Gasteiger partial charge in [0.2, 0.25) is 11.7 Å². The summed E-state index contributed by atoms with van der Waals surface area (Å²) in [6.45, 7) is 2.05. The molecule has 0 radical (unpaired) electrons. The Kier molecular flexibility index (Phi) is 5.18. The van der Waals surface area contributed by atoms with Crippen molar-refractivity contribution in [2.45, 2.75) is 26.2 Å². The first kappa shape index (κ1) is 16.8. The minimum Gasteiger partial charge on any atom is -0.334 e. The Bertz CT molecular complexity index is 842. The van der Waals surface area contributed by atoms with E-state index in [0.717, 1.165) is 24.1 Å². The molecule has 0 aliphatic carbocycles. The highest BCUT2D eigenvalue weighted by molar-refractivity contribution is 5.90. The Hall–Kier alpha value is -3.02. The number of hydrogen-bond donors (Lipinski definition) is 1. The molecule has 1 heterocycles. The topological polar surface area (TPSA) is 68.0 Å². The van der Waals surface area contributed by atoms with E-state index in [-0.39, 0.29) is 11.7 Å². The fourth-order valence-electron chi connectivity index (χ4n) is 2.31. The molecular weight excluding hydrogens is 321 g/mol. The smallest absolute Gasteiger partial charge is 0.258 e. The zero-order chi connectivity index (χ0) is 17.6. The first-order valence-corrected chi connectivity index (χ1v) is 8.15. The number of unbranched alkanes of at least 4 members (excludes halogenated alkanes) is 1. The van der Waals surface area contributed by atoms with Crippen LogP contribution in [0.5, 0.6) is 0 Å². The third-order valence-corrected chi connectivity index (χ3v) is 3.70. The van der Waals surface area contributed by atoms with Crippen LogP contribution in [0.1, 0.15) is 26.2 Å². The van der Waals surface area contributed by atoms with Crippen molar-refractivity contribution < 1.29 is 13.7 Å². The number of anilines is 1. The van der Waals surface area contributed by atoms with Gasteiger partial charge >= 0.3 is 0 Å². The van der Waals surface area contributed by atoms with Crippen molar-refractivity contribution in [3.05, 3.63) is 54.3 Å². The van der Waals surface area contributed by atoms with Crippen LogP contribution in [0.15, 0.2) is 53.1 Å². The quantitative estimate of drug-likeness (QED) is 0.708. The number of carbonyl (C=O) groups is 1. The van der Waals surface area contributed by atoms with Gasteiger partial charge in [0, 0.05) is 23.2 Å². The number of nitrogens with one attached hydrogen (secondary N) is 1. The van der Waals surface area contributed by atoms with Crippen molar-refractivity contribution in [2.75, 3.05) is 5.32 Å². The first-order chi connectivity index (χ1) is 12.2. The van der Waals surface area contributed by atoms with Crippen molar-refractivity contribution in [2.24, 2.45) is 0 Å². The van der Waals surface area contributed by atoms with E-state index in [9.17, 15) is 9.18 Å². The second-order valence-corrected chi connectivity index (χ2v) is 5.66. The van der Waals surface area contributed by atoms with E-state index in [2.05, 4.69) is 15.5 Å². The summed E-state index contributed by atoms with van der Waals surface area (Å²) in [5, 5.41) is 6.77. The highest BCUT2D eigenvalue weighted by Crippen LogP contribution is 2.23. The fourth-order valence-corrected chi connectivity index (χ4v) is 2.31. The second kappa shape index (κ2) is 7.70. The lowest BCUT2D eigenvalue weighted by Gasteiger charge is -2.04. The van der Waals surface area contributed by atoms with Gasteiger partial charge in [0.15, 0.2) is 0 Å². The predicted octanol–water partition coefficient (Wildman–Crippen LogP) is 4.67. The summed E-state index contributed by atoms with van der Waals surface area (Å²) in [6.07, 6.45) is 2.38. The average molecular weight is 339 g/mol. The van der Waals surface area contributed by atoms with Gasteiger partial charge in [0.25, 0.3) is 5.89 Å². The van der Waals surface area contributed by atoms with Crippen LogP contribution in [-0.4, -0.2) is 16.0 Å². The van der Waals surface area contributed by atoms with Crippen LogP contribution < -0.4 is 5.32 Å². The fraction of sp³-hybridized carbons (Fsp3) is 0.211. The van der Waals surface area contributed by atoms with Crippen molar-refractivity contribution in [3.63, 3.8) is 0 Å². The van der Waals surface area contributed by atoms with Gasteiger partial charge in [-0.05, 0) is 55.0 Å². The molecule has 0 saturated carbocycles. The van der Waals surface area contributed by atoms with Crippen molar-refractivity contribution >= 4 is 11.6 Å². The molecule has 0 fully saturated rings. The molecule has 0 unspecified atom stereocenters. The summed E-state index contributed by atoms with van der Waals surface area (Å²) in [7, 11) is 0. The van der Waals surface area contributed by atoms with Gasteiger partial charge in [0.05, 0.1) is 0 Å². The van der Waals surface area contributed by atoms with Gasteiger partial charge < -0.3 is 9.84 Å². The zero-order valence-corrected chi connectivity index (χ0v) is 13.8. The number of halogens is 1. The van der Waals surface area contributed by atoms with Crippen LogP contribution in [-0.2, 0) is 4.79 Å². The SMILES string of the molecule is CCCCC(=O)Nc1ccc(-c2nc(-c3ccc(F)cc3)no2)cc1. The van der Waals surface area contributed by atoms with Gasteiger partial charge in [-0.1, -0.05) is 18.5 Å². The maximum absolute atomic E-state index is 13.0. The van der Waals surface area contributed by atoms with Crippen molar-refractivity contribution in [3.8, 4) is 22.8 Å². The number of nitrogens with zero attached hydrogens (tertiary/aromatic N) is 2. The minimum atomic E-state index is -0.316. The van der Waals surface area contributed by atoms with E-state index in [1.165, 1.54) is 12.1 Å². The standard InChI is InChI=1S/C19H18FN3O2/c1-2-3-4-17(24)21-16-11-7-14(8-12-16)19-22-18(23-25-19)13-5-9-15(20)10-6-13/h5-12H,2-4H2,1H3,(H,21,24). The van der Waals surface area contributed by atoms with Crippen LogP contribution in [0, 0.1) is 5.82 Å². The summed E-state index contributed by atoms with van der Waals surface area (Å²) >= 11 is 0. The van der Waals surface area contributed by atoms with E-state index in [1.54, 1.807) is 36.4 Å². The molecule has 1 aromatic heterocycles. The molecule has 0 atom stereocenters. The molecule has 3 rings (SSSR count). The highest BCUT2D eigenvalue weighted by atomic mass is 19.1. The Morgan fingerprint density at radius 3 is 2.44 bits per heavy atom. The Labute approximate surface area is 144 Å². The number of amides is 1. The number of benzene rings is 2. The van der Waals surface area contributed by atoms with Crippen molar-refractivity contribution in [1.82, 2.24) is 10.1 Å². The van der Waals surface area contributed by atoms with Gasteiger partial charge in [-0.2, -0.15) is 4.98 Å². The van der Waals surface area contributed by atoms with Crippen LogP contribution in [0.2, 0.25) is 0 Å². The van der Waals surface area contributed by atoms with Crippen LogP contribution in [0.25, 0.3) is 22.8 Å². The Morgan fingerprint density at radius 1 is 1.08 bits per heavy atom. The molecular formula is C19H18FN3O2. The van der Waals surface area contributed by atoms with Gasteiger partial charge in [-0.15, -0.1) is 0 Å². The number of rotatable bonds is 6. The molecule has 2 aromatic carbocycles. The van der Waals surface area contributed by atoms with Gasteiger partial charge in [0.1, 0.15) is 5.82 Å². The molecule has 0 spiro atoms. The van der Waals surface area contributed by atoms with Crippen LogP contribution in [0.3, 0.4) is 0 Å². The summed E-state index contributed by atoms with van der Waals surface area (Å²) in [4.78, 5) is 16.1. The first-order valence-electron chi connectivity index (χ1n) is 8.15. The van der Waals surface area contributed by atoms with Gasteiger partial charge in [-0.25, -0.2) is 4.39 Å². The minimum absolute atomic E-state index is 0.00554. The molecule has 5 nitrogen and oxygen atoms in total. The number of carbonyl (C=O) groups excluding carboxylic acids is 1. The number of hydrogen-bond acceptors (Lipinski definition) is 4. The normalized spacial score (nSPS) is 10.6. The summed E-state index contributed by atoms with van der Waals surface area (Å²) in [5.41, 5.74) is 2.15. The molecule has 0 aliphatic heterocycles. The third-order valence-electron chi connectivity index (χ3n) is 3.70. The lowest BCUT2D eigenvalue weighted by molar-refractivity contribution is -0.116. The molecule has 0 bridgehead atoms. The van der Waals surface area contributed by atoms with E-state index in [1.807, 2.05) is 6.92 Å². The average Bonchev–Trinajstić information content (AvgIpc) is 3.11. The largest absolute Gasteiger partial charge is 0.334 e. The molecule has 6 heteroatoms. The second-order valence-electron chi connectivity index (χ2n) is 5.66. The number of aromatic nitrogens is 2. The lowest BCUT2D eigenvalue weighted by atomic mass is 10.2. The maximum atomic E-state index is 13.0. The molecule has 0 saturated heterocycles. The van der Waals surface area contributed by atoms with E-state index >= 15 is 0 Å². The summed E-state index contributed by atoms with van der Waals surface area (Å²) in [5.74, 6) is 0.449. The molecule has 25 heavy (non-hydrogen) atoms. The van der Waals surface area contributed by atoms with Crippen LogP contribution >= 0.6 is 0 Å². The lowest BCUT2D eigenvalue weighted by Crippen LogP contribution is -2.10. The Balaban J connectivity index is 1.70. The molecule has 3 aromatic rings. The highest BCUT2D eigenvalue weighted by Gasteiger charge is 2.11. The maximum Gasteiger partial charge on any atom is 0.258 e. The molecule has 128 valence electrons. The van der Waals surface area contributed by atoms with E-state index < -0.39 is 0 Å². The van der Waals surface area contributed by atoms with Crippen molar-refractivity contribution in [1.29, 1.82) is 0 Å². The molecule has 1 N–H and O–H groups in total. The van der Waals surface area contributed by atoms with Gasteiger partial charge in [-0.3, -0.25) is 4.79 Å². The predicted molar refractivity (Wildman–Crippen MR) is 93.3 cm³/mol. The third kappa shape index (κ3) is 4.29. The Morgan fingerprint density at radius 2 is 1.76 bits per heavy atom. The van der Waals surface area contributed by atoms with E-state index in [4.69, 9.17) is 4.52 Å². The van der Waals surface area contributed by atoms with E-state index in [0.29, 0.717) is 23.7 Å². The summed E-state index contributed by atoms with van der Waals surface area (Å²) in [6, 6.07) is 13.1. The van der Waals surface area contributed by atoms with Crippen LogP contribution in [0.4, 0.5) is 10.1 Å². The monoisotopic (exact) mass is 339 g/mol. The molecule has 1 amide bonds. The zero-order valence-electron chi connectivity index (χ0n) is 13.8. The summed E-state index contributed by atoms with van der Waals surface area (Å²) < 4.78 is 18.2. The molecule has 0 aliphatic rings.